The number of nitrogens with one attached hydrogen (secondary N) is 1. The third-order valence-electron chi connectivity index (χ3n) is 4.69. The van der Waals surface area contributed by atoms with Crippen LogP contribution in [0.4, 0.5) is 4.79 Å². The molecule has 1 aromatic heterocycles. The lowest BCUT2D eigenvalue weighted by molar-refractivity contribution is 0.205. The third kappa shape index (κ3) is 4.23. The molecule has 0 radical (unpaired) electrons. The molecule has 1 aliphatic carbocycles. The molecule has 0 bridgehead atoms. The van der Waals surface area contributed by atoms with Crippen LogP contribution in [0.5, 0.6) is 0 Å². The number of primary amides is 1. The number of pyridine rings is 1. The summed E-state index contributed by atoms with van der Waals surface area (Å²) in [5.41, 5.74) is 12.1. The first kappa shape index (κ1) is 18.4. The van der Waals surface area contributed by atoms with E-state index in [0.29, 0.717) is 0 Å². The number of carboxylic acid groups (broad SMARTS) is 1. The summed E-state index contributed by atoms with van der Waals surface area (Å²) in [5.74, 6) is 0. The molecule has 2 heterocycles. The van der Waals surface area contributed by atoms with Crippen molar-refractivity contribution >= 4 is 23.3 Å². The van der Waals surface area contributed by atoms with Crippen LogP contribution >= 0.6 is 11.6 Å². The van der Waals surface area contributed by atoms with E-state index in [2.05, 4.69) is 29.2 Å². The highest BCUT2D eigenvalue weighted by Crippen LogP contribution is 2.37. The molecule has 1 aromatic carbocycles. The minimum atomic E-state index is -1.33. The minimum Gasteiger partial charge on any atom is -0.465 e. The lowest BCUT2D eigenvalue weighted by Crippen LogP contribution is -2.24. The summed E-state index contributed by atoms with van der Waals surface area (Å²) < 4.78 is 0. The van der Waals surface area contributed by atoms with E-state index in [4.69, 9.17) is 26.5 Å². The van der Waals surface area contributed by atoms with E-state index >= 15 is 0 Å². The number of nitrogens with zero attached hydrogens (tertiary/aromatic N) is 1. The lowest BCUT2D eigenvalue weighted by Gasteiger charge is -2.21. The number of halogens is 1. The summed E-state index contributed by atoms with van der Waals surface area (Å²) in [6, 6.07) is 10.6. The van der Waals surface area contributed by atoms with Crippen LogP contribution in [0.3, 0.4) is 0 Å². The van der Waals surface area contributed by atoms with Gasteiger partial charge in [0.1, 0.15) is 0 Å². The van der Waals surface area contributed by atoms with E-state index in [1.165, 1.54) is 33.5 Å². The monoisotopic (exact) mass is 371 g/mol. The van der Waals surface area contributed by atoms with Gasteiger partial charge in [0.15, 0.2) is 0 Å². The van der Waals surface area contributed by atoms with Gasteiger partial charge in [-0.15, -0.1) is 0 Å². The van der Waals surface area contributed by atoms with Crippen molar-refractivity contribution in [2.45, 2.75) is 25.7 Å². The molecule has 136 valence electrons. The molecule has 1 fully saturated rings. The Labute approximate surface area is 157 Å². The summed E-state index contributed by atoms with van der Waals surface area (Å²) in [5, 5.41) is 11.5. The van der Waals surface area contributed by atoms with Crippen molar-refractivity contribution in [1.29, 1.82) is 0 Å². The van der Waals surface area contributed by atoms with Gasteiger partial charge in [-0.1, -0.05) is 29.3 Å². The van der Waals surface area contributed by atoms with Crippen molar-refractivity contribution in [2.75, 3.05) is 13.1 Å². The number of aromatic nitrogens is 1. The number of aryl methyl sites for hydroxylation is 2. The van der Waals surface area contributed by atoms with Crippen molar-refractivity contribution in [3.05, 3.63) is 69.5 Å². The highest BCUT2D eigenvalue weighted by molar-refractivity contribution is 6.30. The van der Waals surface area contributed by atoms with Gasteiger partial charge in [0.25, 0.3) is 0 Å². The van der Waals surface area contributed by atoms with E-state index in [1.54, 1.807) is 0 Å². The van der Waals surface area contributed by atoms with Crippen LogP contribution in [-0.2, 0) is 12.8 Å². The number of carbonyl (C=O) groups is 1. The van der Waals surface area contributed by atoms with Crippen molar-refractivity contribution < 1.29 is 9.90 Å². The second-order valence-corrected chi connectivity index (χ2v) is 6.82. The quantitative estimate of drug-likeness (QED) is 0.659. The normalized spacial score (nSPS) is 15.9. The molecule has 1 aliphatic heterocycles. The van der Waals surface area contributed by atoms with Crippen LogP contribution in [0.15, 0.2) is 42.1 Å². The molecule has 5 nitrogen and oxygen atoms in total. The number of fused-ring (bicyclic) bond motifs is 2. The Kier molecular flexibility index (Phi) is 5.91. The molecule has 0 atom stereocenters. The predicted octanol–water partition coefficient (Wildman–Crippen LogP) is 3.64. The van der Waals surface area contributed by atoms with Gasteiger partial charge in [-0.2, -0.15) is 0 Å². The van der Waals surface area contributed by atoms with Gasteiger partial charge in [0, 0.05) is 16.8 Å². The molecule has 1 amide bonds. The number of piperidine rings is 1. The number of nitrogens with two attached hydrogens (primary N) is 1. The maximum atomic E-state index is 8.78. The van der Waals surface area contributed by atoms with Gasteiger partial charge < -0.3 is 16.2 Å². The number of benzene rings is 1. The zero-order valence-corrected chi connectivity index (χ0v) is 15.2. The number of amides is 1. The number of rotatable bonds is 0. The molecule has 2 aromatic rings. The van der Waals surface area contributed by atoms with Crippen LogP contribution in [0.2, 0.25) is 5.02 Å². The van der Waals surface area contributed by atoms with Gasteiger partial charge in [-0.3, -0.25) is 4.98 Å². The van der Waals surface area contributed by atoms with Gasteiger partial charge in [-0.05, 0) is 73.7 Å². The Morgan fingerprint density at radius 3 is 2.54 bits per heavy atom. The Bertz CT molecular complexity index is 837. The maximum Gasteiger partial charge on any atom is 0.402 e. The second-order valence-electron chi connectivity index (χ2n) is 6.38. The Morgan fingerprint density at radius 1 is 1.12 bits per heavy atom. The first-order valence-electron chi connectivity index (χ1n) is 8.70. The van der Waals surface area contributed by atoms with Crippen LogP contribution in [0.25, 0.3) is 5.57 Å². The van der Waals surface area contributed by atoms with Crippen molar-refractivity contribution in [1.82, 2.24) is 10.3 Å². The number of hydrogen-bond acceptors (Lipinski definition) is 3. The summed E-state index contributed by atoms with van der Waals surface area (Å²) >= 11 is 6.23. The number of hydrogen-bond donors (Lipinski definition) is 3. The Balaban J connectivity index is 0.000000447. The molecule has 4 rings (SSSR count). The average Bonchev–Trinajstić information content (AvgIpc) is 2.78. The molecule has 4 N–H and O–H groups in total. The molecule has 0 saturated carbocycles. The van der Waals surface area contributed by atoms with Gasteiger partial charge >= 0.3 is 6.09 Å². The molecule has 26 heavy (non-hydrogen) atoms. The van der Waals surface area contributed by atoms with E-state index in [-0.39, 0.29) is 0 Å². The fraction of sp³-hybridized carbons (Fsp3) is 0.300. The van der Waals surface area contributed by atoms with Crippen LogP contribution in [0.1, 0.15) is 35.2 Å². The van der Waals surface area contributed by atoms with Crippen molar-refractivity contribution in [3.8, 4) is 0 Å². The molecular weight excluding hydrogens is 350 g/mol. The first-order chi connectivity index (χ1) is 12.6. The molecular formula is C20H22ClN3O2. The summed E-state index contributed by atoms with van der Waals surface area (Å²) in [6.45, 7) is 2.12. The van der Waals surface area contributed by atoms with Crippen LogP contribution < -0.4 is 11.1 Å². The van der Waals surface area contributed by atoms with Gasteiger partial charge in [-0.25, -0.2) is 4.79 Å². The maximum absolute atomic E-state index is 8.78. The topological polar surface area (TPSA) is 88.2 Å². The zero-order chi connectivity index (χ0) is 18.5. The first-order valence-corrected chi connectivity index (χ1v) is 9.08. The summed E-state index contributed by atoms with van der Waals surface area (Å²) in [7, 11) is 0. The molecule has 2 aliphatic rings. The zero-order valence-electron chi connectivity index (χ0n) is 14.5. The lowest BCUT2D eigenvalue weighted by atomic mass is 9.89. The van der Waals surface area contributed by atoms with E-state index in [1.807, 2.05) is 18.3 Å². The molecule has 0 unspecified atom stereocenters. The van der Waals surface area contributed by atoms with Crippen LogP contribution in [0, 0.1) is 0 Å². The fourth-order valence-electron chi connectivity index (χ4n) is 3.61. The molecule has 6 heteroatoms. The Morgan fingerprint density at radius 2 is 1.81 bits per heavy atom. The average molecular weight is 372 g/mol. The van der Waals surface area contributed by atoms with Gasteiger partial charge in [0.05, 0.1) is 5.69 Å². The fourth-order valence-corrected chi connectivity index (χ4v) is 3.81. The van der Waals surface area contributed by atoms with Crippen molar-refractivity contribution in [3.63, 3.8) is 0 Å². The Hall–Kier alpha value is -2.37. The minimum absolute atomic E-state index is 0.826. The van der Waals surface area contributed by atoms with E-state index in [9.17, 15) is 0 Å². The SMILES string of the molecule is Clc1ccc2c(c1)CCc1cccnc1C2=C1CCNCC1.NC(=O)O. The summed E-state index contributed by atoms with van der Waals surface area (Å²) in [6.07, 6.45) is 4.86. The van der Waals surface area contributed by atoms with Crippen LogP contribution in [-0.4, -0.2) is 29.3 Å². The summed E-state index contributed by atoms with van der Waals surface area (Å²) in [4.78, 5) is 13.5. The van der Waals surface area contributed by atoms with Crippen molar-refractivity contribution in [2.24, 2.45) is 5.73 Å². The third-order valence-corrected chi connectivity index (χ3v) is 4.92. The largest absolute Gasteiger partial charge is 0.465 e. The van der Waals surface area contributed by atoms with E-state index < -0.39 is 6.09 Å². The molecule has 1 saturated heterocycles. The van der Waals surface area contributed by atoms with Gasteiger partial charge in [0.2, 0.25) is 0 Å². The van der Waals surface area contributed by atoms with E-state index in [0.717, 1.165) is 43.8 Å². The predicted molar refractivity (Wildman–Crippen MR) is 103 cm³/mol. The smallest absolute Gasteiger partial charge is 0.402 e. The highest BCUT2D eigenvalue weighted by atomic mass is 35.5. The highest BCUT2D eigenvalue weighted by Gasteiger charge is 2.23. The molecule has 0 spiro atoms. The second kappa shape index (κ2) is 8.34. The standard InChI is InChI=1S/C19H19ClN2.CH3NO2/c20-16-5-6-17-15(12-16)4-3-14-2-1-9-22-19(14)18(17)13-7-10-21-11-8-13;2-1(3)4/h1-2,5-6,9,12,21H,3-4,7-8,10-11H2;2H2,(H,3,4).